The van der Waals surface area contributed by atoms with Gasteiger partial charge in [-0.15, -0.1) is 0 Å². The molecule has 15 heavy (non-hydrogen) atoms. The molecule has 0 aliphatic carbocycles. The number of hydrogen-bond acceptors (Lipinski definition) is 2. The van der Waals surface area contributed by atoms with Gasteiger partial charge in [-0.25, -0.2) is 4.98 Å². The Hall–Kier alpha value is -1.84. The molecule has 2 aromatic rings. The minimum absolute atomic E-state index is 0.0481. The van der Waals surface area contributed by atoms with Gasteiger partial charge < -0.3 is 0 Å². The molecule has 0 amide bonds. The van der Waals surface area contributed by atoms with Crippen molar-refractivity contribution in [3.63, 3.8) is 0 Å². The van der Waals surface area contributed by atoms with Crippen LogP contribution in [0.2, 0.25) is 0 Å². The maximum absolute atomic E-state index is 11.7. The highest BCUT2D eigenvalue weighted by Gasteiger charge is 2.07. The topological polar surface area (TPSA) is 39.8 Å². The summed E-state index contributed by atoms with van der Waals surface area (Å²) in [7, 11) is 1.85. The van der Waals surface area contributed by atoms with Gasteiger partial charge in [-0.3, -0.25) is 9.48 Å². The first-order valence-corrected chi connectivity index (χ1v) is 4.79. The van der Waals surface area contributed by atoms with Crippen LogP contribution >= 0.6 is 0 Å². The Morgan fingerprint density at radius 3 is 2.53 bits per heavy atom. The van der Waals surface area contributed by atoms with Crippen molar-refractivity contribution in [1.29, 1.82) is 0 Å². The van der Waals surface area contributed by atoms with Crippen LogP contribution in [0.15, 0.2) is 29.1 Å². The molecule has 0 saturated carbocycles. The van der Waals surface area contributed by atoms with Gasteiger partial charge in [-0.05, 0) is 26.0 Å². The van der Waals surface area contributed by atoms with Crippen LogP contribution in [0, 0.1) is 13.8 Å². The van der Waals surface area contributed by atoms with Gasteiger partial charge in [0.05, 0.1) is 0 Å². The minimum Gasteiger partial charge on any atom is -0.284 e. The normalized spacial score (nSPS) is 10.6. The quantitative estimate of drug-likeness (QED) is 0.698. The van der Waals surface area contributed by atoms with Crippen molar-refractivity contribution in [1.82, 2.24) is 14.3 Å². The predicted octanol–water partition coefficient (Wildman–Crippen LogP) is 1.19. The van der Waals surface area contributed by atoms with Gasteiger partial charge >= 0.3 is 0 Å². The number of hydrogen-bond donors (Lipinski definition) is 0. The first-order chi connectivity index (χ1) is 7.09. The molecule has 0 radical (unpaired) electrons. The zero-order chi connectivity index (χ0) is 11.0. The minimum atomic E-state index is -0.0481. The molecular weight excluding hydrogens is 190 g/mol. The Morgan fingerprint density at radius 2 is 2.00 bits per heavy atom. The van der Waals surface area contributed by atoms with E-state index in [0.29, 0.717) is 5.82 Å². The fourth-order valence-electron chi connectivity index (χ4n) is 1.55. The fraction of sp³-hybridized carbons (Fsp3) is 0.273. The first-order valence-electron chi connectivity index (χ1n) is 4.79. The van der Waals surface area contributed by atoms with Gasteiger partial charge in [0, 0.05) is 24.5 Å². The van der Waals surface area contributed by atoms with Crippen molar-refractivity contribution in [2.45, 2.75) is 13.8 Å². The number of aryl methyl sites for hydroxylation is 2. The average molecular weight is 203 g/mol. The molecule has 0 saturated heterocycles. The monoisotopic (exact) mass is 203 g/mol. The third-order valence-corrected chi connectivity index (χ3v) is 2.44. The summed E-state index contributed by atoms with van der Waals surface area (Å²) in [6.45, 7) is 3.80. The van der Waals surface area contributed by atoms with Crippen LogP contribution in [0.5, 0.6) is 0 Å². The molecule has 0 fully saturated rings. The van der Waals surface area contributed by atoms with E-state index in [0.717, 1.165) is 11.4 Å². The molecule has 0 aliphatic heterocycles. The third-order valence-electron chi connectivity index (χ3n) is 2.44. The third kappa shape index (κ3) is 1.58. The lowest BCUT2D eigenvalue weighted by Gasteiger charge is -2.07. The van der Waals surface area contributed by atoms with E-state index in [1.807, 2.05) is 39.1 Å². The summed E-state index contributed by atoms with van der Waals surface area (Å²) in [6, 6.07) is 7.23. The lowest BCUT2D eigenvalue weighted by atomic mass is 10.4. The second-order valence-corrected chi connectivity index (χ2v) is 3.60. The number of pyridine rings is 1. The van der Waals surface area contributed by atoms with Gasteiger partial charge in [0.2, 0.25) is 0 Å². The molecule has 0 atom stereocenters. The maximum Gasteiger partial charge on any atom is 0.273 e. The molecule has 2 aromatic heterocycles. The lowest BCUT2D eigenvalue weighted by molar-refractivity contribution is 0.617. The molecule has 0 aliphatic rings. The molecule has 2 rings (SSSR count). The highest BCUT2D eigenvalue weighted by molar-refractivity contribution is 5.24. The summed E-state index contributed by atoms with van der Waals surface area (Å²) in [5.74, 6) is 0.663. The zero-order valence-electron chi connectivity index (χ0n) is 9.06. The molecule has 4 nitrogen and oxygen atoms in total. The molecule has 78 valence electrons. The summed E-state index contributed by atoms with van der Waals surface area (Å²) in [6.07, 6.45) is 0. The van der Waals surface area contributed by atoms with Crippen molar-refractivity contribution in [2.75, 3.05) is 0 Å². The molecule has 0 unspecified atom stereocenters. The van der Waals surface area contributed by atoms with Crippen LogP contribution in [0.4, 0.5) is 0 Å². The van der Waals surface area contributed by atoms with E-state index in [1.165, 1.54) is 0 Å². The molecule has 0 bridgehead atoms. The van der Waals surface area contributed by atoms with Gasteiger partial charge in [-0.1, -0.05) is 6.07 Å². The fourth-order valence-corrected chi connectivity index (χ4v) is 1.55. The molecular formula is C11H13N3O. The van der Waals surface area contributed by atoms with E-state index in [2.05, 4.69) is 4.98 Å². The second-order valence-electron chi connectivity index (χ2n) is 3.60. The second kappa shape index (κ2) is 3.38. The average Bonchev–Trinajstić information content (AvgIpc) is 2.41. The van der Waals surface area contributed by atoms with Crippen molar-refractivity contribution in [2.24, 2.45) is 7.05 Å². The van der Waals surface area contributed by atoms with Crippen LogP contribution in [0.25, 0.3) is 5.82 Å². The predicted molar refractivity (Wildman–Crippen MR) is 58.3 cm³/mol. The van der Waals surface area contributed by atoms with Crippen LogP contribution < -0.4 is 5.56 Å². The van der Waals surface area contributed by atoms with Crippen LogP contribution in [0.3, 0.4) is 0 Å². The van der Waals surface area contributed by atoms with E-state index < -0.39 is 0 Å². The Morgan fingerprint density at radius 1 is 1.27 bits per heavy atom. The van der Waals surface area contributed by atoms with Crippen molar-refractivity contribution in [3.05, 3.63) is 46.0 Å². The molecule has 0 N–H and O–H groups in total. The van der Waals surface area contributed by atoms with E-state index in [4.69, 9.17) is 0 Å². The van der Waals surface area contributed by atoms with Crippen molar-refractivity contribution in [3.8, 4) is 5.82 Å². The highest BCUT2D eigenvalue weighted by Crippen LogP contribution is 2.04. The number of rotatable bonds is 1. The first kappa shape index (κ1) is 9.71. The molecule has 0 aromatic carbocycles. The Bertz CT molecular complexity index is 551. The molecule has 4 heteroatoms. The van der Waals surface area contributed by atoms with Crippen LogP contribution in [0.1, 0.15) is 11.4 Å². The summed E-state index contributed by atoms with van der Waals surface area (Å²) in [4.78, 5) is 16.0. The summed E-state index contributed by atoms with van der Waals surface area (Å²) in [5.41, 5.74) is 1.77. The van der Waals surface area contributed by atoms with Crippen LogP contribution in [-0.4, -0.2) is 14.3 Å². The van der Waals surface area contributed by atoms with Crippen molar-refractivity contribution < 1.29 is 0 Å². The van der Waals surface area contributed by atoms with Gasteiger partial charge in [0.25, 0.3) is 5.56 Å². The maximum atomic E-state index is 11.7. The summed E-state index contributed by atoms with van der Waals surface area (Å²) in [5, 5.41) is 0. The van der Waals surface area contributed by atoms with Crippen molar-refractivity contribution >= 4 is 0 Å². The van der Waals surface area contributed by atoms with E-state index in [9.17, 15) is 4.79 Å². The molecule has 2 heterocycles. The highest BCUT2D eigenvalue weighted by atomic mass is 16.1. The van der Waals surface area contributed by atoms with E-state index in [-0.39, 0.29) is 5.56 Å². The van der Waals surface area contributed by atoms with Gasteiger partial charge in [-0.2, -0.15) is 4.68 Å². The SMILES string of the molecule is Cc1cccc(-n2c(=O)cc(C)n2C)n1. The summed E-state index contributed by atoms with van der Waals surface area (Å²) < 4.78 is 3.35. The largest absolute Gasteiger partial charge is 0.284 e. The Kier molecular flexibility index (Phi) is 2.19. The standard InChI is InChI=1S/C11H13N3O/c1-8-5-4-6-10(12-8)14-11(15)7-9(2)13(14)3/h4-7H,1-3H3. The Balaban J connectivity index is 2.69. The zero-order valence-corrected chi connectivity index (χ0v) is 9.06. The van der Waals surface area contributed by atoms with E-state index in [1.54, 1.807) is 15.4 Å². The van der Waals surface area contributed by atoms with Gasteiger partial charge in [0.1, 0.15) is 0 Å². The summed E-state index contributed by atoms with van der Waals surface area (Å²) >= 11 is 0. The van der Waals surface area contributed by atoms with Crippen LogP contribution in [-0.2, 0) is 7.05 Å². The smallest absolute Gasteiger partial charge is 0.273 e. The number of nitrogens with zero attached hydrogens (tertiary/aromatic N) is 3. The Labute approximate surface area is 87.8 Å². The van der Waals surface area contributed by atoms with E-state index >= 15 is 0 Å². The lowest BCUT2D eigenvalue weighted by Crippen LogP contribution is -2.20. The van der Waals surface area contributed by atoms with Gasteiger partial charge in [0.15, 0.2) is 5.82 Å². The molecule has 0 spiro atoms. The number of aromatic nitrogens is 3.